The first-order valence-corrected chi connectivity index (χ1v) is 7.30. The summed E-state index contributed by atoms with van der Waals surface area (Å²) in [7, 11) is 0. The molecule has 0 unspecified atom stereocenters. The maximum absolute atomic E-state index is 10.8. The molecule has 3 aromatic rings. The highest BCUT2D eigenvalue weighted by Gasteiger charge is 2.12. The van der Waals surface area contributed by atoms with Crippen LogP contribution in [-0.4, -0.2) is 9.91 Å². The minimum Gasteiger partial charge on any atom is -0.454 e. The van der Waals surface area contributed by atoms with Crippen LogP contribution in [0, 0.1) is 10.1 Å². The number of nitro groups is 1. The van der Waals surface area contributed by atoms with Crippen LogP contribution in [0.5, 0.6) is 0 Å². The fraction of sp³-hybridized carbons (Fsp3) is 0.133. The Morgan fingerprint density at radius 3 is 2.90 bits per heavy atom. The molecule has 0 aliphatic rings. The van der Waals surface area contributed by atoms with Crippen molar-refractivity contribution < 1.29 is 9.34 Å². The number of allylic oxidation sites excluding steroid dienone is 1. The van der Waals surface area contributed by atoms with Gasteiger partial charge in [0.25, 0.3) is 0 Å². The van der Waals surface area contributed by atoms with E-state index in [1.165, 1.54) is 17.4 Å². The largest absolute Gasteiger partial charge is 0.454 e. The lowest BCUT2D eigenvalue weighted by Gasteiger charge is -1.92. The Hall–Kier alpha value is -2.47. The van der Waals surface area contributed by atoms with Gasteiger partial charge in [0.2, 0.25) is 5.70 Å². The molecule has 3 rings (SSSR count). The molecule has 0 N–H and O–H groups in total. The Kier molecular flexibility index (Phi) is 3.53. The molecule has 6 heteroatoms. The maximum atomic E-state index is 10.8. The molecule has 0 atom stereocenters. The van der Waals surface area contributed by atoms with Crippen molar-refractivity contribution in [1.82, 2.24) is 4.98 Å². The molecule has 106 valence electrons. The number of rotatable bonds is 4. The number of para-hydroxylation sites is 1. The summed E-state index contributed by atoms with van der Waals surface area (Å²) in [4.78, 5) is 14.9. The number of benzene rings is 1. The van der Waals surface area contributed by atoms with Crippen molar-refractivity contribution >= 4 is 27.6 Å². The highest BCUT2D eigenvalue weighted by molar-refractivity contribution is 7.21. The van der Waals surface area contributed by atoms with E-state index in [9.17, 15) is 10.1 Å². The van der Waals surface area contributed by atoms with Gasteiger partial charge < -0.3 is 4.42 Å². The zero-order chi connectivity index (χ0) is 14.8. The summed E-state index contributed by atoms with van der Waals surface area (Å²) in [6.45, 7) is 1.74. The molecule has 0 amide bonds. The van der Waals surface area contributed by atoms with E-state index in [4.69, 9.17) is 4.42 Å². The fourth-order valence-electron chi connectivity index (χ4n) is 1.97. The summed E-state index contributed by atoms with van der Waals surface area (Å²) < 4.78 is 6.73. The van der Waals surface area contributed by atoms with Gasteiger partial charge in [-0.25, -0.2) is 4.98 Å². The van der Waals surface area contributed by atoms with Gasteiger partial charge in [-0.2, -0.15) is 0 Å². The van der Waals surface area contributed by atoms with E-state index < -0.39 is 0 Å². The summed E-state index contributed by atoms with van der Waals surface area (Å²) in [6.07, 6.45) is 1.81. The lowest BCUT2D eigenvalue weighted by molar-refractivity contribution is -0.425. The molecule has 21 heavy (non-hydrogen) atoms. The van der Waals surface area contributed by atoms with Gasteiger partial charge in [-0.3, -0.25) is 10.1 Å². The number of hydrogen-bond donors (Lipinski definition) is 0. The maximum Gasteiger partial charge on any atom is 0.249 e. The molecule has 0 saturated carbocycles. The second-order valence-corrected chi connectivity index (χ2v) is 5.47. The Morgan fingerprint density at radius 2 is 2.19 bits per heavy atom. The van der Waals surface area contributed by atoms with Gasteiger partial charge in [0.05, 0.1) is 21.2 Å². The van der Waals surface area contributed by atoms with Crippen LogP contribution in [0.15, 0.2) is 46.5 Å². The number of fused-ring (bicyclic) bond motifs is 1. The lowest BCUT2D eigenvalue weighted by Crippen LogP contribution is -1.95. The van der Waals surface area contributed by atoms with Crippen LogP contribution in [0.1, 0.15) is 19.1 Å². The van der Waals surface area contributed by atoms with E-state index >= 15 is 0 Å². The Balaban J connectivity index is 1.96. The Morgan fingerprint density at radius 1 is 1.38 bits per heavy atom. The smallest absolute Gasteiger partial charge is 0.249 e. The van der Waals surface area contributed by atoms with Crippen molar-refractivity contribution in [2.45, 2.75) is 13.3 Å². The SMILES string of the molecule is CCC(=Cc1ccc(-c2nc3ccccc3s2)o1)[N+](=O)[O-]. The number of hydrogen-bond acceptors (Lipinski definition) is 5. The Bertz CT molecular complexity index is 799. The first-order chi connectivity index (χ1) is 10.2. The molecule has 1 aromatic carbocycles. The minimum atomic E-state index is -0.389. The van der Waals surface area contributed by atoms with Gasteiger partial charge >= 0.3 is 0 Å². The third-order valence-electron chi connectivity index (χ3n) is 3.04. The van der Waals surface area contributed by atoms with Crippen LogP contribution in [0.25, 0.3) is 27.1 Å². The average Bonchev–Trinajstić information content (AvgIpc) is 3.10. The Labute approximate surface area is 124 Å². The summed E-state index contributed by atoms with van der Waals surface area (Å²) in [5.41, 5.74) is 1.05. The van der Waals surface area contributed by atoms with E-state index in [0.29, 0.717) is 17.9 Å². The van der Waals surface area contributed by atoms with Gasteiger partial charge in [-0.05, 0) is 24.3 Å². The van der Waals surface area contributed by atoms with E-state index in [0.717, 1.165) is 15.2 Å². The van der Waals surface area contributed by atoms with Crippen LogP contribution in [0.2, 0.25) is 0 Å². The second-order valence-electron chi connectivity index (χ2n) is 4.44. The lowest BCUT2D eigenvalue weighted by atomic mass is 10.3. The van der Waals surface area contributed by atoms with E-state index in [1.807, 2.05) is 24.3 Å². The molecule has 0 fully saturated rings. The van der Waals surface area contributed by atoms with Crippen molar-refractivity contribution in [2.75, 3.05) is 0 Å². The topological polar surface area (TPSA) is 69.2 Å². The first-order valence-electron chi connectivity index (χ1n) is 6.48. The predicted octanol–water partition coefficient (Wildman–Crippen LogP) is 4.58. The predicted molar refractivity (Wildman–Crippen MR) is 82.6 cm³/mol. The van der Waals surface area contributed by atoms with Crippen LogP contribution in [0.3, 0.4) is 0 Å². The normalized spacial score (nSPS) is 12.0. The highest BCUT2D eigenvalue weighted by atomic mass is 32.1. The van der Waals surface area contributed by atoms with Crippen LogP contribution < -0.4 is 0 Å². The molecule has 0 aliphatic carbocycles. The monoisotopic (exact) mass is 300 g/mol. The zero-order valence-corrected chi connectivity index (χ0v) is 12.1. The number of nitrogens with zero attached hydrogens (tertiary/aromatic N) is 2. The minimum absolute atomic E-state index is 0.125. The standard InChI is InChI=1S/C15H12N2O3S/c1-2-10(17(18)19)9-11-7-8-13(20-11)15-16-12-5-3-4-6-14(12)21-15/h3-9H,2H2,1H3. The van der Waals surface area contributed by atoms with Crippen molar-refractivity contribution in [3.05, 3.63) is 58.0 Å². The van der Waals surface area contributed by atoms with Gasteiger partial charge in [-0.1, -0.05) is 19.1 Å². The number of furan rings is 1. The van der Waals surface area contributed by atoms with Gasteiger partial charge in [0.1, 0.15) is 5.76 Å². The number of thiazole rings is 1. The summed E-state index contributed by atoms with van der Waals surface area (Å²) >= 11 is 1.54. The molecule has 5 nitrogen and oxygen atoms in total. The summed E-state index contributed by atoms with van der Waals surface area (Å²) in [6, 6.07) is 11.4. The molecule has 0 aliphatic heterocycles. The molecule has 0 radical (unpaired) electrons. The van der Waals surface area contributed by atoms with Crippen molar-refractivity contribution in [2.24, 2.45) is 0 Å². The van der Waals surface area contributed by atoms with E-state index in [-0.39, 0.29) is 10.6 Å². The summed E-state index contributed by atoms with van der Waals surface area (Å²) in [5, 5.41) is 11.6. The van der Waals surface area contributed by atoms with Crippen molar-refractivity contribution in [3.63, 3.8) is 0 Å². The van der Waals surface area contributed by atoms with Crippen LogP contribution in [-0.2, 0) is 0 Å². The molecular formula is C15H12N2O3S. The highest BCUT2D eigenvalue weighted by Crippen LogP contribution is 2.31. The molecule has 2 aromatic heterocycles. The third-order valence-corrected chi connectivity index (χ3v) is 4.09. The van der Waals surface area contributed by atoms with Gasteiger partial charge in [0.15, 0.2) is 10.8 Å². The van der Waals surface area contributed by atoms with Crippen LogP contribution in [0.4, 0.5) is 0 Å². The summed E-state index contributed by atoms with van der Waals surface area (Å²) in [5.74, 6) is 1.10. The van der Waals surface area contributed by atoms with Crippen molar-refractivity contribution in [1.29, 1.82) is 0 Å². The zero-order valence-electron chi connectivity index (χ0n) is 11.3. The van der Waals surface area contributed by atoms with E-state index in [2.05, 4.69) is 4.98 Å². The average molecular weight is 300 g/mol. The molecule has 0 spiro atoms. The second kappa shape index (κ2) is 5.49. The van der Waals surface area contributed by atoms with E-state index in [1.54, 1.807) is 19.1 Å². The number of aromatic nitrogens is 1. The molecule has 0 saturated heterocycles. The first kappa shape index (κ1) is 13.5. The fourth-order valence-corrected chi connectivity index (χ4v) is 2.90. The van der Waals surface area contributed by atoms with Gasteiger partial charge in [-0.15, -0.1) is 11.3 Å². The van der Waals surface area contributed by atoms with Crippen molar-refractivity contribution in [3.8, 4) is 10.8 Å². The molecule has 0 bridgehead atoms. The van der Waals surface area contributed by atoms with Crippen LogP contribution >= 0.6 is 11.3 Å². The quantitative estimate of drug-likeness (QED) is 0.522. The molecular weight excluding hydrogens is 288 g/mol. The van der Waals surface area contributed by atoms with Gasteiger partial charge in [0, 0.05) is 6.42 Å². The molecule has 2 heterocycles. The third kappa shape index (κ3) is 2.71.